The minimum absolute atomic E-state index is 0. The van der Waals surface area contributed by atoms with Crippen LogP contribution in [-0.4, -0.2) is 44.1 Å². The summed E-state index contributed by atoms with van der Waals surface area (Å²) >= 11 is 0. The number of guanidine groups is 1. The Balaban J connectivity index is 0.00000225. The lowest BCUT2D eigenvalue weighted by molar-refractivity contribution is 0.0645. The number of hydrogen-bond donors (Lipinski definition) is 1. The molecule has 140 valence electrons. The predicted octanol–water partition coefficient (Wildman–Crippen LogP) is 4.22. The Hall–Kier alpha value is -0.820. The maximum absolute atomic E-state index is 5.94. The van der Waals surface area contributed by atoms with Crippen LogP contribution in [0.1, 0.15) is 50.7 Å². The van der Waals surface area contributed by atoms with Gasteiger partial charge in [-0.15, -0.1) is 24.0 Å². The van der Waals surface area contributed by atoms with Crippen LogP contribution in [-0.2, 0) is 4.74 Å². The molecule has 1 aromatic rings. The molecule has 1 unspecified atom stereocenters. The van der Waals surface area contributed by atoms with E-state index in [2.05, 4.69) is 46.4 Å². The number of ether oxygens (including phenoxy) is 1. The first-order valence-corrected chi connectivity index (χ1v) is 9.35. The molecule has 3 rings (SSSR count). The molecule has 0 amide bonds. The molecular weight excluding hydrogens is 425 g/mol. The highest BCUT2D eigenvalue weighted by Crippen LogP contribution is 2.47. The Kier molecular flexibility index (Phi) is 8.00. The Labute approximate surface area is 169 Å². The van der Waals surface area contributed by atoms with Crippen LogP contribution in [0.5, 0.6) is 0 Å². The highest BCUT2D eigenvalue weighted by atomic mass is 127. The van der Waals surface area contributed by atoms with Gasteiger partial charge in [-0.2, -0.15) is 0 Å². The SMILES string of the molecule is CN=C(NCCCOC(C)c1ccccc1)N1CCC2(CCC2)C1.I. The number of benzene rings is 1. The zero-order valence-corrected chi connectivity index (χ0v) is 17.9. The minimum atomic E-state index is 0. The molecule has 1 N–H and O–H groups in total. The second-order valence-electron chi connectivity index (χ2n) is 7.28. The van der Waals surface area contributed by atoms with Gasteiger partial charge >= 0.3 is 0 Å². The molecule has 0 radical (unpaired) electrons. The molecule has 1 spiro atoms. The molecule has 25 heavy (non-hydrogen) atoms. The molecule has 1 aliphatic heterocycles. The van der Waals surface area contributed by atoms with Gasteiger partial charge in [-0.05, 0) is 43.6 Å². The molecule has 2 aliphatic rings. The van der Waals surface area contributed by atoms with Crippen LogP contribution in [0.4, 0.5) is 0 Å². The maximum atomic E-state index is 5.94. The van der Waals surface area contributed by atoms with Gasteiger partial charge in [0.15, 0.2) is 5.96 Å². The summed E-state index contributed by atoms with van der Waals surface area (Å²) in [5.41, 5.74) is 1.86. The molecule has 0 aromatic heterocycles. The van der Waals surface area contributed by atoms with Crippen LogP contribution in [0.25, 0.3) is 0 Å². The number of hydrogen-bond acceptors (Lipinski definition) is 2. The van der Waals surface area contributed by atoms with Crippen molar-refractivity contribution in [3.05, 3.63) is 35.9 Å². The first-order chi connectivity index (χ1) is 11.7. The van der Waals surface area contributed by atoms with E-state index in [4.69, 9.17) is 4.74 Å². The third-order valence-corrected chi connectivity index (χ3v) is 5.60. The fourth-order valence-corrected chi connectivity index (χ4v) is 3.89. The van der Waals surface area contributed by atoms with Gasteiger partial charge in [0.1, 0.15) is 0 Å². The minimum Gasteiger partial charge on any atom is -0.374 e. The summed E-state index contributed by atoms with van der Waals surface area (Å²) in [6.45, 7) is 6.14. The van der Waals surface area contributed by atoms with E-state index in [-0.39, 0.29) is 30.1 Å². The second-order valence-corrected chi connectivity index (χ2v) is 7.28. The summed E-state index contributed by atoms with van der Waals surface area (Å²) in [5, 5.41) is 3.51. The van der Waals surface area contributed by atoms with E-state index in [1.807, 2.05) is 13.1 Å². The van der Waals surface area contributed by atoms with Crippen molar-refractivity contribution in [1.29, 1.82) is 0 Å². The van der Waals surface area contributed by atoms with Gasteiger partial charge in [0.25, 0.3) is 0 Å². The molecule has 0 bridgehead atoms. The van der Waals surface area contributed by atoms with Crippen LogP contribution in [0.3, 0.4) is 0 Å². The Morgan fingerprint density at radius 1 is 1.28 bits per heavy atom. The average molecular weight is 457 g/mol. The fraction of sp³-hybridized carbons (Fsp3) is 0.650. The molecule has 1 aromatic carbocycles. The lowest BCUT2D eigenvalue weighted by Gasteiger charge is -2.38. The molecule has 5 heteroatoms. The van der Waals surface area contributed by atoms with Crippen LogP contribution in [0.15, 0.2) is 35.3 Å². The standard InChI is InChI=1S/C20H31N3O.HI/c1-17(18-8-4-3-5-9-18)24-15-7-13-22-19(21-2)23-14-12-20(16-23)10-6-11-20;/h3-5,8-9,17H,6-7,10-16H2,1-2H3,(H,21,22);1H. The van der Waals surface area contributed by atoms with Crippen LogP contribution >= 0.6 is 24.0 Å². The Bertz CT molecular complexity index is 545. The van der Waals surface area contributed by atoms with Gasteiger partial charge < -0.3 is 15.0 Å². The highest BCUT2D eigenvalue weighted by molar-refractivity contribution is 14.0. The number of aliphatic imine (C=N–C) groups is 1. The van der Waals surface area contributed by atoms with E-state index in [0.29, 0.717) is 5.41 Å². The first-order valence-electron chi connectivity index (χ1n) is 9.35. The van der Waals surface area contributed by atoms with Gasteiger partial charge in [0, 0.05) is 33.3 Å². The van der Waals surface area contributed by atoms with Crippen molar-refractivity contribution in [2.24, 2.45) is 10.4 Å². The number of rotatable bonds is 6. The van der Waals surface area contributed by atoms with E-state index >= 15 is 0 Å². The van der Waals surface area contributed by atoms with Gasteiger partial charge in [0.2, 0.25) is 0 Å². The summed E-state index contributed by atoms with van der Waals surface area (Å²) in [6, 6.07) is 10.4. The summed E-state index contributed by atoms with van der Waals surface area (Å²) in [5.74, 6) is 1.06. The van der Waals surface area contributed by atoms with Crippen molar-refractivity contribution in [3.63, 3.8) is 0 Å². The van der Waals surface area contributed by atoms with E-state index in [9.17, 15) is 0 Å². The van der Waals surface area contributed by atoms with Crippen molar-refractivity contribution in [1.82, 2.24) is 10.2 Å². The van der Waals surface area contributed by atoms with Crippen LogP contribution in [0.2, 0.25) is 0 Å². The van der Waals surface area contributed by atoms with Gasteiger partial charge in [-0.25, -0.2) is 0 Å². The number of nitrogens with zero attached hydrogens (tertiary/aromatic N) is 2. The molecule has 2 fully saturated rings. The van der Waals surface area contributed by atoms with Crippen LogP contribution < -0.4 is 5.32 Å². The highest BCUT2D eigenvalue weighted by Gasteiger charge is 2.43. The van der Waals surface area contributed by atoms with Gasteiger partial charge in [-0.1, -0.05) is 36.8 Å². The summed E-state index contributed by atoms with van der Waals surface area (Å²) in [4.78, 5) is 6.90. The van der Waals surface area contributed by atoms with Gasteiger partial charge in [0.05, 0.1) is 6.10 Å². The first kappa shape index (κ1) is 20.5. The van der Waals surface area contributed by atoms with E-state index < -0.39 is 0 Å². The van der Waals surface area contributed by atoms with Crippen LogP contribution in [0, 0.1) is 5.41 Å². The Morgan fingerprint density at radius 3 is 2.64 bits per heavy atom. The quantitative estimate of drug-likeness (QED) is 0.301. The molecule has 4 nitrogen and oxygen atoms in total. The lowest BCUT2D eigenvalue weighted by Crippen LogP contribution is -2.43. The third-order valence-electron chi connectivity index (χ3n) is 5.60. The van der Waals surface area contributed by atoms with Crippen molar-refractivity contribution >= 4 is 29.9 Å². The summed E-state index contributed by atoms with van der Waals surface area (Å²) < 4.78 is 5.94. The summed E-state index contributed by atoms with van der Waals surface area (Å²) in [6.07, 6.45) is 6.72. The van der Waals surface area contributed by atoms with Crippen molar-refractivity contribution < 1.29 is 4.74 Å². The summed E-state index contributed by atoms with van der Waals surface area (Å²) in [7, 11) is 1.89. The largest absolute Gasteiger partial charge is 0.374 e. The molecular formula is C20H32IN3O. The monoisotopic (exact) mass is 457 g/mol. The average Bonchev–Trinajstić information content (AvgIpc) is 3.04. The smallest absolute Gasteiger partial charge is 0.193 e. The van der Waals surface area contributed by atoms with E-state index in [1.165, 1.54) is 37.8 Å². The second kappa shape index (κ2) is 9.76. The lowest BCUT2D eigenvalue weighted by atomic mass is 9.68. The number of nitrogens with one attached hydrogen (secondary N) is 1. The molecule has 1 saturated carbocycles. The molecule has 1 heterocycles. The van der Waals surface area contributed by atoms with Gasteiger partial charge in [-0.3, -0.25) is 4.99 Å². The Morgan fingerprint density at radius 2 is 2.04 bits per heavy atom. The molecule has 1 atom stereocenters. The topological polar surface area (TPSA) is 36.9 Å². The van der Waals surface area contributed by atoms with E-state index in [0.717, 1.165) is 32.1 Å². The van der Waals surface area contributed by atoms with E-state index in [1.54, 1.807) is 0 Å². The normalized spacial score (nSPS) is 20.1. The fourth-order valence-electron chi connectivity index (χ4n) is 3.89. The zero-order valence-electron chi connectivity index (χ0n) is 15.5. The van der Waals surface area contributed by atoms with Crippen molar-refractivity contribution in [2.75, 3.05) is 33.3 Å². The zero-order chi connectivity index (χ0) is 16.8. The number of likely N-dealkylation sites (tertiary alicyclic amines) is 1. The maximum Gasteiger partial charge on any atom is 0.193 e. The van der Waals surface area contributed by atoms with Crippen molar-refractivity contribution in [3.8, 4) is 0 Å². The third kappa shape index (κ3) is 5.33. The molecule has 1 aliphatic carbocycles. The predicted molar refractivity (Wildman–Crippen MR) is 115 cm³/mol. The number of halogens is 1. The molecule has 1 saturated heterocycles. The van der Waals surface area contributed by atoms with Crippen molar-refractivity contribution in [2.45, 2.75) is 45.1 Å².